The molecule has 9 heteroatoms. The number of halogens is 3. The predicted octanol–water partition coefficient (Wildman–Crippen LogP) is 2.61. The second-order valence-electron chi connectivity index (χ2n) is 4.45. The van der Waals surface area contributed by atoms with Crippen molar-refractivity contribution in [3.8, 4) is 0 Å². The molecule has 2 unspecified atom stereocenters. The second kappa shape index (κ2) is 5.32. The molecule has 0 amide bonds. The molecule has 1 heterocycles. The van der Waals surface area contributed by atoms with Crippen LogP contribution in [-0.2, 0) is 11.0 Å². The number of carboxylic acids is 1. The van der Waals surface area contributed by atoms with E-state index in [0.29, 0.717) is 24.2 Å². The number of carbonyl (C=O) groups is 1. The molecule has 1 aliphatic rings. The average molecular weight is 295 g/mol. The third-order valence-electron chi connectivity index (χ3n) is 3.02. The van der Waals surface area contributed by atoms with Gasteiger partial charge in [0.25, 0.3) is 0 Å². The summed E-state index contributed by atoms with van der Waals surface area (Å²) in [6.45, 7) is 0. The molecule has 0 saturated heterocycles. The van der Waals surface area contributed by atoms with E-state index in [4.69, 9.17) is 5.11 Å². The molecule has 19 heavy (non-hydrogen) atoms. The number of anilines is 1. The Hall–Kier alpha value is -1.38. The number of alkyl halides is 3. The molecule has 0 radical (unpaired) electrons. The summed E-state index contributed by atoms with van der Waals surface area (Å²) in [6.07, 6.45) is -2.02. The van der Waals surface area contributed by atoms with Crippen molar-refractivity contribution in [2.75, 3.05) is 5.32 Å². The van der Waals surface area contributed by atoms with Gasteiger partial charge in [-0.15, -0.1) is 10.2 Å². The molecule has 0 bridgehead atoms. The molecule has 2 rings (SSSR count). The maximum atomic E-state index is 12.4. The molecule has 5 nitrogen and oxygen atoms in total. The zero-order chi connectivity index (χ0) is 14.0. The van der Waals surface area contributed by atoms with E-state index in [1.165, 1.54) is 0 Å². The fraction of sp³-hybridized carbons (Fsp3) is 0.700. The van der Waals surface area contributed by atoms with Gasteiger partial charge in [0.1, 0.15) is 0 Å². The maximum Gasteiger partial charge on any atom is 0.445 e. The van der Waals surface area contributed by atoms with Gasteiger partial charge in [-0.25, -0.2) is 0 Å². The highest BCUT2D eigenvalue weighted by atomic mass is 32.1. The van der Waals surface area contributed by atoms with Crippen molar-refractivity contribution in [3.63, 3.8) is 0 Å². The highest BCUT2D eigenvalue weighted by Gasteiger charge is 2.36. The van der Waals surface area contributed by atoms with Crippen LogP contribution in [0, 0.1) is 5.92 Å². The summed E-state index contributed by atoms with van der Waals surface area (Å²) in [5, 5.41) is 17.4. The van der Waals surface area contributed by atoms with E-state index in [1.54, 1.807) is 0 Å². The van der Waals surface area contributed by atoms with Crippen molar-refractivity contribution in [2.24, 2.45) is 5.92 Å². The van der Waals surface area contributed by atoms with Crippen LogP contribution in [0.3, 0.4) is 0 Å². The molecule has 2 N–H and O–H groups in total. The third kappa shape index (κ3) is 3.55. The van der Waals surface area contributed by atoms with Crippen LogP contribution >= 0.6 is 11.3 Å². The lowest BCUT2D eigenvalue weighted by molar-refractivity contribution is -0.143. The summed E-state index contributed by atoms with van der Waals surface area (Å²) >= 11 is 0.437. The van der Waals surface area contributed by atoms with Crippen LogP contribution in [-0.4, -0.2) is 27.3 Å². The number of carboxylic acid groups (broad SMARTS) is 1. The first kappa shape index (κ1) is 14.0. The molecule has 1 aliphatic carbocycles. The molecule has 2 atom stereocenters. The van der Waals surface area contributed by atoms with Gasteiger partial charge in [0.15, 0.2) is 0 Å². The molecule has 0 aromatic carbocycles. The van der Waals surface area contributed by atoms with Crippen molar-refractivity contribution in [1.29, 1.82) is 0 Å². The Balaban J connectivity index is 1.97. The SMILES string of the molecule is O=C(O)C1CCCC(Nc2nnc(C(F)(F)F)s2)C1. The Bertz CT molecular complexity index is 463. The first-order valence-electron chi connectivity index (χ1n) is 5.76. The summed E-state index contributed by atoms with van der Waals surface area (Å²) in [5.41, 5.74) is 0. The molecule has 0 aliphatic heterocycles. The molecule has 1 aromatic heterocycles. The Morgan fingerprint density at radius 2 is 2.11 bits per heavy atom. The van der Waals surface area contributed by atoms with Gasteiger partial charge in [-0.1, -0.05) is 17.8 Å². The fourth-order valence-corrected chi connectivity index (χ4v) is 2.80. The van der Waals surface area contributed by atoms with Gasteiger partial charge in [-0.05, 0) is 19.3 Å². The molecule has 106 valence electrons. The topological polar surface area (TPSA) is 75.1 Å². The van der Waals surface area contributed by atoms with Gasteiger partial charge in [-0.3, -0.25) is 4.79 Å². The van der Waals surface area contributed by atoms with E-state index in [0.717, 1.165) is 12.8 Å². The van der Waals surface area contributed by atoms with Crippen LogP contribution < -0.4 is 5.32 Å². The zero-order valence-corrected chi connectivity index (χ0v) is 10.6. The number of rotatable bonds is 3. The Morgan fingerprint density at radius 1 is 1.37 bits per heavy atom. The predicted molar refractivity (Wildman–Crippen MR) is 61.9 cm³/mol. The number of hydrogen-bond donors (Lipinski definition) is 2. The average Bonchev–Trinajstić information content (AvgIpc) is 2.77. The van der Waals surface area contributed by atoms with Crippen LogP contribution in [0.25, 0.3) is 0 Å². The van der Waals surface area contributed by atoms with Crippen molar-refractivity contribution >= 4 is 22.4 Å². The molecule has 1 aromatic rings. The lowest BCUT2D eigenvalue weighted by atomic mass is 9.86. The van der Waals surface area contributed by atoms with E-state index in [-0.39, 0.29) is 11.2 Å². The number of hydrogen-bond acceptors (Lipinski definition) is 5. The number of aliphatic carboxylic acids is 1. The summed E-state index contributed by atoms with van der Waals surface area (Å²) in [4.78, 5) is 10.9. The number of nitrogens with zero attached hydrogens (tertiary/aromatic N) is 2. The summed E-state index contributed by atoms with van der Waals surface area (Å²) < 4.78 is 37.1. The minimum atomic E-state index is -4.49. The molecular weight excluding hydrogens is 283 g/mol. The van der Waals surface area contributed by atoms with Crippen LogP contribution in [0.15, 0.2) is 0 Å². The zero-order valence-electron chi connectivity index (χ0n) is 9.78. The largest absolute Gasteiger partial charge is 0.481 e. The number of nitrogens with one attached hydrogen (secondary N) is 1. The molecule has 1 fully saturated rings. The lowest BCUT2D eigenvalue weighted by Crippen LogP contribution is -2.30. The van der Waals surface area contributed by atoms with Gasteiger partial charge in [0, 0.05) is 6.04 Å². The van der Waals surface area contributed by atoms with Crippen molar-refractivity contribution < 1.29 is 23.1 Å². The van der Waals surface area contributed by atoms with E-state index < -0.39 is 23.1 Å². The first-order chi connectivity index (χ1) is 8.86. The van der Waals surface area contributed by atoms with Gasteiger partial charge < -0.3 is 10.4 Å². The molecular formula is C10H12F3N3O2S. The normalized spacial score (nSPS) is 24.2. The van der Waals surface area contributed by atoms with E-state index >= 15 is 0 Å². The van der Waals surface area contributed by atoms with Crippen molar-refractivity contribution in [1.82, 2.24) is 10.2 Å². The highest BCUT2D eigenvalue weighted by molar-refractivity contribution is 7.15. The van der Waals surface area contributed by atoms with Gasteiger partial charge >= 0.3 is 12.1 Å². The summed E-state index contributed by atoms with van der Waals surface area (Å²) in [6, 6.07) is -0.163. The monoisotopic (exact) mass is 295 g/mol. The highest BCUT2D eigenvalue weighted by Crippen LogP contribution is 2.34. The second-order valence-corrected chi connectivity index (χ2v) is 5.43. The molecule has 1 saturated carbocycles. The van der Waals surface area contributed by atoms with E-state index in [1.807, 2.05) is 0 Å². The smallest absolute Gasteiger partial charge is 0.445 e. The minimum absolute atomic E-state index is 0.0864. The third-order valence-corrected chi connectivity index (χ3v) is 3.92. The Morgan fingerprint density at radius 3 is 2.68 bits per heavy atom. The van der Waals surface area contributed by atoms with Crippen LogP contribution in [0.1, 0.15) is 30.7 Å². The van der Waals surface area contributed by atoms with E-state index in [2.05, 4.69) is 15.5 Å². The van der Waals surface area contributed by atoms with Gasteiger partial charge in [-0.2, -0.15) is 13.2 Å². The van der Waals surface area contributed by atoms with Crippen LogP contribution in [0.4, 0.5) is 18.3 Å². The number of aromatic nitrogens is 2. The van der Waals surface area contributed by atoms with Gasteiger partial charge in [0.05, 0.1) is 5.92 Å². The molecule has 0 spiro atoms. The van der Waals surface area contributed by atoms with Crippen LogP contribution in [0.2, 0.25) is 0 Å². The van der Waals surface area contributed by atoms with E-state index in [9.17, 15) is 18.0 Å². The Labute approximate surface area is 110 Å². The van der Waals surface area contributed by atoms with Crippen molar-refractivity contribution in [3.05, 3.63) is 5.01 Å². The minimum Gasteiger partial charge on any atom is -0.481 e. The fourth-order valence-electron chi connectivity index (χ4n) is 2.12. The Kier molecular flexibility index (Phi) is 3.93. The lowest BCUT2D eigenvalue weighted by Gasteiger charge is -2.26. The standard InChI is InChI=1S/C10H12F3N3O2S/c11-10(12,13)8-15-16-9(19-8)14-6-3-1-2-5(4-6)7(17)18/h5-6H,1-4H2,(H,14,16)(H,17,18). The quantitative estimate of drug-likeness (QED) is 0.896. The summed E-state index contributed by atoms with van der Waals surface area (Å²) in [5.74, 6) is -1.30. The van der Waals surface area contributed by atoms with Gasteiger partial charge in [0.2, 0.25) is 10.1 Å². The van der Waals surface area contributed by atoms with Crippen molar-refractivity contribution in [2.45, 2.75) is 37.9 Å². The maximum absolute atomic E-state index is 12.4. The van der Waals surface area contributed by atoms with Crippen LogP contribution in [0.5, 0.6) is 0 Å². The first-order valence-corrected chi connectivity index (χ1v) is 6.58. The summed E-state index contributed by atoms with van der Waals surface area (Å²) in [7, 11) is 0.